The van der Waals surface area contributed by atoms with E-state index in [1.54, 1.807) is 22.2 Å². The first-order valence-corrected chi connectivity index (χ1v) is 8.99. The number of ether oxygens (including phenoxy) is 1. The van der Waals surface area contributed by atoms with Crippen LogP contribution in [0.5, 0.6) is 0 Å². The van der Waals surface area contributed by atoms with Crippen molar-refractivity contribution in [2.45, 2.75) is 6.54 Å². The normalized spacial score (nSPS) is 11.4. The maximum absolute atomic E-state index is 12.1. The third kappa shape index (κ3) is 4.78. The smallest absolute Gasteiger partial charge is 0.361 e. The van der Waals surface area contributed by atoms with E-state index < -0.39 is 18.5 Å². The van der Waals surface area contributed by atoms with Crippen molar-refractivity contribution in [3.05, 3.63) is 69.3 Å². The van der Waals surface area contributed by atoms with Gasteiger partial charge in [0.2, 0.25) is 0 Å². The lowest BCUT2D eigenvalue weighted by atomic mass is 10.2. The molecular weight excluding hydrogens is 390 g/mol. The van der Waals surface area contributed by atoms with E-state index in [-0.39, 0.29) is 11.5 Å². The van der Waals surface area contributed by atoms with Crippen molar-refractivity contribution in [3.8, 4) is 0 Å². The van der Waals surface area contributed by atoms with Crippen molar-refractivity contribution in [1.29, 1.82) is 0 Å². The topological polar surface area (TPSA) is 112 Å². The molecule has 3 aromatic rings. The van der Waals surface area contributed by atoms with E-state index in [0.29, 0.717) is 16.4 Å². The third-order valence-corrected chi connectivity index (χ3v) is 4.59. The van der Waals surface area contributed by atoms with Crippen molar-refractivity contribution in [3.63, 3.8) is 0 Å². The minimum Gasteiger partial charge on any atom is -0.451 e. The molecule has 1 aromatic carbocycles. The molecule has 3 rings (SSSR count). The quantitative estimate of drug-likeness (QED) is 0.651. The van der Waals surface area contributed by atoms with Gasteiger partial charge in [-0.05, 0) is 11.6 Å². The first-order chi connectivity index (χ1) is 13.0. The van der Waals surface area contributed by atoms with E-state index in [1.807, 2.05) is 18.2 Å². The van der Waals surface area contributed by atoms with Gasteiger partial charge in [-0.15, -0.1) is 11.3 Å². The Labute approximate surface area is 162 Å². The Morgan fingerprint density at radius 1 is 1.26 bits per heavy atom. The van der Waals surface area contributed by atoms with Gasteiger partial charge < -0.3 is 15.0 Å². The summed E-state index contributed by atoms with van der Waals surface area (Å²) in [5.41, 5.74) is 6.30. The highest BCUT2D eigenvalue weighted by atomic mass is 35.5. The summed E-state index contributed by atoms with van der Waals surface area (Å²) >= 11 is 7.45. The Hall–Kier alpha value is -3.04. The van der Waals surface area contributed by atoms with E-state index in [1.165, 1.54) is 23.7 Å². The van der Waals surface area contributed by atoms with Gasteiger partial charge >= 0.3 is 5.97 Å². The summed E-state index contributed by atoms with van der Waals surface area (Å²) in [4.78, 5) is 35.9. The molecule has 1 amide bonds. The molecule has 2 heterocycles. The van der Waals surface area contributed by atoms with Crippen LogP contribution in [0.3, 0.4) is 0 Å². The lowest BCUT2D eigenvalue weighted by molar-refractivity contribution is -0.121. The first-order valence-electron chi connectivity index (χ1n) is 7.73. The molecule has 2 aromatic heterocycles. The van der Waals surface area contributed by atoms with E-state index >= 15 is 0 Å². The predicted molar refractivity (Wildman–Crippen MR) is 100 cm³/mol. The van der Waals surface area contributed by atoms with Gasteiger partial charge in [0.05, 0.1) is 6.54 Å². The van der Waals surface area contributed by atoms with E-state index in [2.05, 4.69) is 15.0 Å². The summed E-state index contributed by atoms with van der Waals surface area (Å²) in [6, 6.07) is 7.42. The second-order valence-corrected chi connectivity index (χ2v) is 6.56. The molecule has 0 fully saturated rings. The average Bonchev–Trinajstić information content (AvgIpc) is 3.08. The molecule has 138 valence electrons. The van der Waals surface area contributed by atoms with Gasteiger partial charge in [-0.25, -0.2) is 14.8 Å². The molecular formula is C17H14ClN5O3S. The number of nitrogen functional groups attached to an aromatic ring is 1. The highest BCUT2D eigenvalue weighted by Gasteiger charge is 2.15. The summed E-state index contributed by atoms with van der Waals surface area (Å²) in [5, 5.41) is 2.43. The predicted octanol–water partition coefficient (Wildman–Crippen LogP) is 1.91. The average molecular weight is 404 g/mol. The number of carbonyl (C=O) groups is 2. The highest BCUT2D eigenvalue weighted by molar-refractivity contribution is 7.07. The number of hydrogen-bond acceptors (Lipinski definition) is 7. The monoisotopic (exact) mass is 403 g/mol. The van der Waals surface area contributed by atoms with Crippen LogP contribution in [0.25, 0.3) is 0 Å². The number of carbonyl (C=O) groups excluding carboxylic acids is 2. The van der Waals surface area contributed by atoms with Crippen LogP contribution in [-0.2, 0) is 16.1 Å². The van der Waals surface area contributed by atoms with Crippen LogP contribution in [0, 0.1) is 0 Å². The highest BCUT2D eigenvalue weighted by Crippen LogP contribution is 2.15. The fourth-order valence-electron chi connectivity index (χ4n) is 2.16. The van der Waals surface area contributed by atoms with Crippen LogP contribution >= 0.6 is 22.9 Å². The summed E-state index contributed by atoms with van der Waals surface area (Å²) in [7, 11) is 0. The minimum absolute atomic E-state index is 0.0669. The molecule has 0 unspecified atom stereocenters. The van der Waals surface area contributed by atoms with Gasteiger partial charge in [0.1, 0.15) is 0 Å². The van der Waals surface area contributed by atoms with Gasteiger partial charge in [0, 0.05) is 29.0 Å². The molecule has 0 spiro atoms. The van der Waals surface area contributed by atoms with E-state index in [9.17, 15) is 9.59 Å². The number of aromatic nitrogens is 3. The second-order valence-electron chi connectivity index (χ2n) is 5.28. The number of rotatable bonds is 5. The molecule has 0 saturated heterocycles. The van der Waals surface area contributed by atoms with Crippen LogP contribution < -0.4 is 10.5 Å². The molecule has 0 radical (unpaired) electrons. The van der Waals surface area contributed by atoms with Crippen molar-refractivity contribution < 1.29 is 14.3 Å². The van der Waals surface area contributed by atoms with Crippen LogP contribution in [0.2, 0.25) is 5.02 Å². The van der Waals surface area contributed by atoms with Crippen LogP contribution in [-0.4, -0.2) is 33.0 Å². The number of benzene rings is 1. The summed E-state index contributed by atoms with van der Waals surface area (Å²) in [5.74, 6) is -1.51. The standard InChI is InChI=1S/C17H14ClN5O3S/c18-12-4-2-1-3-11(12)9-23-7-8-27-17(23)22-13(24)10-26-16(25)14-15(19)21-6-5-20-14/h1-8H,9-10H2,(H2,19,21). The summed E-state index contributed by atoms with van der Waals surface area (Å²) < 4.78 is 6.69. The molecule has 0 bridgehead atoms. The zero-order valence-corrected chi connectivity index (χ0v) is 15.5. The molecule has 0 aliphatic carbocycles. The Balaban J connectivity index is 1.68. The third-order valence-electron chi connectivity index (χ3n) is 3.43. The Morgan fingerprint density at radius 2 is 2.04 bits per heavy atom. The number of hydrogen-bond donors (Lipinski definition) is 1. The Bertz CT molecular complexity index is 1050. The molecule has 2 N–H and O–H groups in total. The van der Waals surface area contributed by atoms with Crippen LogP contribution in [0.15, 0.2) is 53.2 Å². The van der Waals surface area contributed by atoms with Gasteiger partial charge in [0.15, 0.2) is 22.9 Å². The number of amides is 1. The summed E-state index contributed by atoms with van der Waals surface area (Å²) in [6.45, 7) is -0.0654. The zero-order valence-electron chi connectivity index (χ0n) is 13.9. The van der Waals surface area contributed by atoms with Crippen molar-refractivity contribution in [1.82, 2.24) is 14.5 Å². The molecule has 0 aliphatic heterocycles. The summed E-state index contributed by atoms with van der Waals surface area (Å²) in [6.07, 6.45) is 4.45. The lowest BCUT2D eigenvalue weighted by Gasteiger charge is -2.05. The minimum atomic E-state index is -0.834. The van der Waals surface area contributed by atoms with Crippen LogP contribution in [0.1, 0.15) is 16.1 Å². The maximum Gasteiger partial charge on any atom is 0.361 e. The lowest BCUT2D eigenvalue weighted by Crippen LogP contribution is -2.20. The Morgan fingerprint density at radius 3 is 2.81 bits per heavy atom. The van der Waals surface area contributed by atoms with Gasteiger partial charge in [-0.1, -0.05) is 29.8 Å². The van der Waals surface area contributed by atoms with Crippen molar-refractivity contribution in [2.24, 2.45) is 4.99 Å². The number of halogens is 1. The van der Waals surface area contributed by atoms with Gasteiger partial charge in [0.25, 0.3) is 5.91 Å². The van der Waals surface area contributed by atoms with Crippen LogP contribution in [0.4, 0.5) is 5.82 Å². The van der Waals surface area contributed by atoms with E-state index in [4.69, 9.17) is 22.1 Å². The second kappa shape index (κ2) is 8.56. The molecule has 0 aliphatic rings. The molecule has 27 heavy (non-hydrogen) atoms. The number of esters is 1. The van der Waals surface area contributed by atoms with Crippen molar-refractivity contribution in [2.75, 3.05) is 12.3 Å². The van der Waals surface area contributed by atoms with Crippen molar-refractivity contribution >= 4 is 40.6 Å². The molecule has 10 heteroatoms. The number of nitrogens with two attached hydrogens (primary N) is 1. The maximum atomic E-state index is 12.1. The first kappa shape index (κ1) is 18.7. The number of anilines is 1. The fourth-order valence-corrected chi connectivity index (χ4v) is 3.10. The van der Waals surface area contributed by atoms with E-state index in [0.717, 1.165) is 5.56 Å². The number of nitrogens with zero attached hydrogens (tertiary/aromatic N) is 4. The van der Waals surface area contributed by atoms with Gasteiger partial charge in [-0.2, -0.15) is 4.99 Å². The largest absolute Gasteiger partial charge is 0.451 e. The van der Waals surface area contributed by atoms with Gasteiger partial charge in [-0.3, -0.25) is 4.79 Å². The molecule has 0 atom stereocenters. The molecule has 0 saturated carbocycles. The SMILES string of the molecule is Nc1nccnc1C(=O)OCC(=O)N=c1sccn1Cc1ccccc1Cl. The fraction of sp³-hybridized carbons (Fsp3) is 0.118. The zero-order chi connectivity index (χ0) is 19.2. The molecule has 8 nitrogen and oxygen atoms in total. The Kier molecular flexibility index (Phi) is 5.94. The number of thiazole rings is 1.